The molecule has 0 saturated carbocycles. The molecule has 90 valence electrons. The fourth-order valence-electron chi connectivity index (χ4n) is 0.897. The average molecular weight is 275 g/mol. The van der Waals surface area contributed by atoms with Crippen molar-refractivity contribution in [3.63, 3.8) is 0 Å². The number of benzene rings is 1. The Labute approximate surface area is 99.9 Å². The highest BCUT2D eigenvalue weighted by atomic mass is 35.5. The maximum atomic E-state index is 11.6. The van der Waals surface area contributed by atoms with Crippen molar-refractivity contribution >= 4 is 23.2 Å². The van der Waals surface area contributed by atoms with Gasteiger partial charge in [0.2, 0.25) is 0 Å². The SMILES string of the molecule is FC(F)(F)OCCOc1cc(Cl)ccc1Cl. The third kappa shape index (κ3) is 4.92. The maximum Gasteiger partial charge on any atom is 0.522 e. The Kier molecular flexibility index (Phi) is 4.70. The summed E-state index contributed by atoms with van der Waals surface area (Å²) in [6.07, 6.45) is -4.65. The van der Waals surface area contributed by atoms with Gasteiger partial charge in [-0.15, -0.1) is 13.2 Å². The first-order chi connectivity index (χ1) is 7.38. The minimum Gasteiger partial charge on any atom is -0.490 e. The molecule has 0 fully saturated rings. The van der Waals surface area contributed by atoms with Crippen LogP contribution in [0.2, 0.25) is 10.0 Å². The van der Waals surface area contributed by atoms with Crippen molar-refractivity contribution in [2.45, 2.75) is 6.36 Å². The summed E-state index contributed by atoms with van der Waals surface area (Å²) in [6, 6.07) is 4.45. The highest BCUT2D eigenvalue weighted by Gasteiger charge is 2.28. The zero-order valence-corrected chi connectivity index (χ0v) is 9.36. The summed E-state index contributed by atoms with van der Waals surface area (Å²) in [6.45, 7) is -0.869. The second kappa shape index (κ2) is 5.61. The Morgan fingerprint density at radius 1 is 1.12 bits per heavy atom. The predicted octanol–water partition coefficient (Wildman–Crippen LogP) is 3.91. The van der Waals surface area contributed by atoms with Crippen LogP contribution in [0.15, 0.2) is 18.2 Å². The molecule has 0 N–H and O–H groups in total. The summed E-state index contributed by atoms with van der Waals surface area (Å²) in [5.74, 6) is 0.222. The van der Waals surface area contributed by atoms with Gasteiger partial charge in [-0.05, 0) is 12.1 Å². The lowest BCUT2D eigenvalue weighted by Crippen LogP contribution is -2.18. The van der Waals surface area contributed by atoms with Gasteiger partial charge in [0.15, 0.2) is 0 Å². The van der Waals surface area contributed by atoms with Crippen molar-refractivity contribution in [3.8, 4) is 5.75 Å². The summed E-state index contributed by atoms with van der Waals surface area (Å²) in [7, 11) is 0. The van der Waals surface area contributed by atoms with Gasteiger partial charge in [0.1, 0.15) is 12.4 Å². The van der Waals surface area contributed by atoms with Gasteiger partial charge in [0.05, 0.1) is 11.6 Å². The molecule has 1 aromatic carbocycles. The van der Waals surface area contributed by atoms with E-state index in [4.69, 9.17) is 27.9 Å². The molecule has 16 heavy (non-hydrogen) atoms. The van der Waals surface area contributed by atoms with Gasteiger partial charge in [-0.25, -0.2) is 0 Å². The van der Waals surface area contributed by atoms with E-state index >= 15 is 0 Å². The van der Waals surface area contributed by atoms with Gasteiger partial charge < -0.3 is 4.74 Å². The average Bonchev–Trinajstić information content (AvgIpc) is 2.16. The lowest BCUT2D eigenvalue weighted by atomic mass is 10.3. The first-order valence-electron chi connectivity index (χ1n) is 4.17. The lowest BCUT2D eigenvalue weighted by molar-refractivity contribution is -0.325. The fourth-order valence-corrected chi connectivity index (χ4v) is 1.23. The molecule has 0 saturated heterocycles. The summed E-state index contributed by atoms with van der Waals surface area (Å²) in [5, 5.41) is 0.660. The lowest BCUT2D eigenvalue weighted by Gasteiger charge is -2.10. The third-order valence-electron chi connectivity index (χ3n) is 1.50. The van der Waals surface area contributed by atoms with Gasteiger partial charge in [-0.1, -0.05) is 23.2 Å². The van der Waals surface area contributed by atoms with Crippen LogP contribution < -0.4 is 4.74 Å². The van der Waals surface area contributed by atoms with Crippen molar-refractivity contribution < 1.29 is 22.6 Å². The summed E-state index contributed by atoms with van der Waals surface area (Å²) in [5.41, 5.74) is 0. The predicted molar refractivity (Wildman–Crippen MR) is 54.0 cm³/mol. The molecular weight excluding hydrogens is 268 g/mol. The van der Waals surface area contributed by atoms with E-state index < -0.39 is 13.0 Å². The molecule has 0 heterocycles. The molecule has 1 aromatic rings. The van der Waals surface area contributed by atoms with E-state index in [9.17, 15) is 13.2 Å². The van der Waals surface area contributed by atoms with E-state index in [1.165, 1.54) is 12.1 Å². The first-order valence-corrected chi connectivity index (χ1v) is 4.92. The zero-order chi connectivity index (χ0) is 12.2. The molecule has 0 unspecified atom stereocenters. The van der Waals surface area contributed by atoms with E-state index in [-0.39, 0.29) is 17.4 Å². The van der Waals surface area contributed by atoms with Crippen molar-refractivity contribution in [3.05, 3.63) is 28.2 Å². The molecule has 0 aliphatic rings. The minimum absolute atomic E-state index is 0.222. The molecule has 1 rings (SSSR count). The second-order valence-electron chi connectivity index (χ2n) is 2.72. The number of ether oxygens (including phenoxy) is 2. The molecule has 0 radical (unpaired) electrons. The Hall–Kier alpha value is -0.650. The Balaban J connectivity index is 2.40. The van der Waals surface area contributed by atoms with Crippen molar-refractivity contribution in [1.82, 2.24) is 0 Å². The van der Waals surface area contributed by atoms with Crippen molar-refractivity contribution in [2.75, 3.05) is 13.2 Å². The quantitative estimate of drug-likeness (QED) is 0.775. The van der Waals surface area contributed by atoms with Gasteiger partial charge in [-0.3, -0.25) is 4.74 Å². The molecular formula is C9H7Cl2F3O2. The van der Waals surface area contributed by atoms with E-state index in [2.05, 4.69) is 4.74 Å². The van der Waals surface area contributed by atoms with Crippen LogP contribution in [0.1, 0.15) is 0 Å². The van der Waals surface area contributed by atoms with Crippen LogP contribution in [0.25, 0.3) is 0 Å². The highest BCUT2D eigenvalue weighted by Crippen LogP contribution is 2.27. The third-order valence-corrected chi connectivity index (χ3v) is 2.05. The van der Waals surface area contributed by atoms with Crippen LogP contribution in [-0.4, -0.2) is 19.6 Å². The first kappa shape index (κ1) is 13.4. The summed E-state index contributed by atoms with van der Waals surface area (Å²) >= 11 is 11.4. The zero-order valence-electron chi connectivity index (χ0n) is 7.85. The summed E-state index contributed by atoms with van der Waals surface area (Å²) < 4.78 is 43.3. The van der Waals surface area contributed by atoms with Gasteiger partial charge >= 0.3 is 6.36 Å². The molecule has 0 atom stereocenters. The van der Waals surface area contributed by atoms with Crippen molar-refractivity contribution in [2.24, 2.45) is 0 Å². The smallest absolute Gasteiger partial charge is 0.490 e. The normalized spacial score (nSPS) is 11.6. The van der Waals surface area contributed by atoms with E-state index in [1.807, 2.05) is 0 Å². The number of rotatable bonds is 4. The molecule has 0 spiro atoms. The monoisotopic (exact) mass is 274 g/mol. The van der Waals surface area contributed by atoms with E-state index in [0.29, 0.717) is 5.02 Å². The van der Waals surface area contributed by atoms with Crippen LogP contribution in [0.5, 0.6) is 5.75 Å². The van der Waals surface area contributed by atoms with Gasteiger partial charge in [0.25, 0.3) is 0 Å². The molecule has 0 aliphatic heterocycles. The van der Waals surface area contributed by atoms with Crippen LogP contribution >= 0.6 is 23.2 Å². The van der Waals surface area contributed by atoms with Gasteiger partial charge in [0, 0.05) is 11.1 Å². The molecule has 2 nitrogen and oxygen atoms in total. The molecule has 0 aliphatic carbocycles. The number of hydrogen-bond donors (Lipinski definition) is 0. The molecule has 0 aromatic heterocycles. The largest absolute Gasteiger partial charge is 0.522 e. The maximum absolute atomic E-state index is 11.6. The Bertz CT molecular complexity index is 355. The van der Waals surface area contributed by atoms with Crippen LogP contribution in [-0.2, 0) is 4.74 Å². The van der Waals surface area contributed by atoms with Crippen LogP contribution in [0.3, 0.4) is 0 Å². The molecule has 0 amide bonds. The topological polar surface area (TPSA) is 18.5 Å². The van der Waals surface area contributed by atoms with E-state index in [1.54, 1.807) is 6.07 Å². The van der Waals surface area contributed by atoms with Crippen LogP contribution in [0, 0.1) is 0 Å². The molecule has 0 bridgehead atoms. The fraction of sp³-hybridized carbons (Fsp3) is 0.333. The second-order valence-corrected chi connectivity index (χ2v) is 3.56. The summed E-state index contributed by atoms with van der Waals surface area (Å²) in [4.78, 5) is 0. The van der Waals surface area contributed by atoms with E-state index in [0.717, 1.165) is 0 Å². The number of alkyl halides is 3. The Morgan fingerprint density at radius 2 is 1.81 bits per heavy atom. The van der Waals surface area contributed by atoms with Crippen molar-refractivity contribution in [1.29, 1.82) is 0 Å². The standard InChI is InChI=1S/C9H7Cl2F3O2/c10-6-1-2-7(11)8(5-6)15-3-4-16-9(12,13)14/h1-2,5H,3-4H2. The van der Waals surface area contributed by atoms with Crippen LogP contribution in [0.4, 0.5) is 13.2 Å². The molecule has 7 heteroatoms. The minimum atomic E-state index is -4.65. The Morgan fingerprint density at radius 3 is 2.44 bits per heavy atom. The highest BCUT2D eigenvalue weighted by molar-refractivity contribution is 6.34. The number of halogens is 5. The number of hydrogen-bond acceptors (Lipinski definition) is 2. The van der Waals surface area contributed by atoms with Gasteiger partial charge in [-0.2, -0.15) is 0 Å².